The zero-order valence-corrected chi connectivity index (χ0v) is 16.2. The number of aliphatic carboxylic acids is 1. The molecule has 0 saturated heterocycles. The van der Waals surface area contributed by atoms with Gasteiger partial charge in [-0.3, -0.25) is 9.59 Å². The average Bonchev–Trinajstić information content (AvgIpc) is 3.10. The Labute approximate surface area is 167 Å². The van der Waals surface area contributed by atoms with E-state index in [2.05, 4.69) is 10.3 Å². The minimum absolute atomic E-state index is 0.292. The summed E-state index contributed by atoms with van der Waals surface area (Å²) in [7, 11) is 0. The van der Waals surface area contributed by atoms with E-state index < -0.39 is 17.9 Å². The van der Waals surface area contributed by atoms with Gasteiger partial charge >= 0.3 is 5.97 Å². The Morgan fingerprint density at radius 2 is 1.79 bits per heavy atom. The Bertz CT molecular complexity index is 1030. The molecule has 3 rings (SSSR count). The summed E-state index contributed by atoms with van der Waals surface area (Å²) in [5.41, 5.74) is 3.43. The molecule has 1 aromatic heterocycles. The lowest BCUT2D eigenvalue weighted by molar-refractivity contribution is -0.138. The number of carboxylic acid groups (broad SMARTS) is 1. The third kappa shape index (κ3) is 4.03. The molecule has 1 amide bonds. The second kappa shape index (κ2) is 8.04. The fraction of sp³-hybridized carbons (Fsp3) is 0.238. The van der Waals surface area contributed by atoms with E-state index in [-0.39, 0.29) is 12.5 Å². The number of carbonyl (C=O) groups excluding carboxylic acids is 1. The van der Waals surface area contributed by atoms with Crippen LogP contribution in [-0.2, 0) is 4.79 Å². The maximum absolute atomic E-state index is 12.6. The number of hydrogen-bond acceptors (Lipinski definition) is 3. The van der Waals surface area contributed by atoms with Crippen molar-refractivity contribution < 1.29 is 19.8 Å². The predicted molar refractivity (Wildman–Crippen MR) is 108 cm³/mol. The molecule has 0 spiro atoms. The maximum atomic E-state index is 12.6. The van der Waals surface area contributed by atoms with Crippen molar-refractivity contribution in [3.05, 3.63) is 69.9 Å². The lowest BCUT2D eigenvalue weighted by Gasteiger charge is -2.17. The molecule has 2 atom stereocenters. The van der Waals surface area contributed by atoms with Crippen LogP contribution < -0.4 is 5.32 Å². The smallest absolute Gasteiger partial charge is 0.310 e. The molecule has 0 aliphatic heterocycles. The maximum Gasteiger partial charge on any atom is 0.310 e. The standard InChI is InChI=1S/C21H21ClN2O4/c1-11-7-16(22)15-9-18(23-17(15)8-11)20(26)24-19(10-25)14-5-3-13(4-6-14)12(2)21(27)28/h3-9,12,19,23,25H,10H2,1-2H3,(H,24,26)(H,27,28). The summed E-state index contributed by atoms with van der Waals surface area (Å²) >= 11 is 6.24. The summed E-state index contributed by atoms with van der Waals surface area (Å²) < 4.78 is 0. The molecule has 28 heavy (non-hydrogen) atoms. The highest BCUT2D eigenvalue weighted by Crippen LogP contribution is 2.26. The number of carbonyl (C=O) groups is 2. The number of hydrogen-bond donors (Lipinski definition) is 4. The molecule has 7 heteroatoms. The van der Waals surface area contributed by atoms with Crippen LogP contribution >= 0.6 is 11.6 Å². The number of aryl methyl sites for hydroxylation is 1. The van der Waals surface area contributed by atoms with Crippen molar-refractivity contribution in [1.29, 1.82) is 0 Å². The zero-order chi connectivity index (χ0) is 20.4. The van der Waals surface area contributed by atoms with Gasteiger partial charge in [0.1, 0.15) is 5.69 Å². The molecule has 0 bridgehead atoms. The molecule has 0 radical (unpaired) electrons. The van der Waals surface area contributed by atoms with Gasteiger partial charge < -0.3 is 20.5 Å². The predicted octanol–water partition coefficient (Wildman–Crippen LogP) is 3.78. The van der Waals surface area contributed by atoms with Gasteiger partial charge in [-0.2, -0.15) is 0 Å². The van der Waals surface area contributed by atoms with Crippen molar-refractivity contribution in [2.45, 2.75) is 25.8 Å². The summed E-state index contributed by atoms with van der Waals surface area (Å²) in [6.45, 7) is 3.23. The minimum Gasteiger partial charge on any atom is -0.481 e. The van der Waals surface area contributed by atoms with Gasteiger partial charge in [-0.15, -0.1) is 0 Å². The highest BCUT2D eigenvalue weighted by molar-refractivity contribution is 6.35. The molecule has 0 aliphatic rings. The lowest BCUT2D eigenvalue weighted by Crippen LogP contribution is -2.31. The van der Waals surface area contributed by atoms with Gasteiger partial charge in [0.2, 0.25) is 0 Å². The van der Waals surface area contributed by atoms with E-state index >= 15 is 0 Å². The fourth-order valence-corrected chi connectivity index (χ4v) is 3.41. The summed E-state index contributed by atoms with van der Waals surface area (Å²) in [4.78, 5) is 26.8. The van der Waals surface area contributed by atoms with Gasteiger partial charge in [-0.1, -0.05) is 35.9 Å². The van der Waals surface area contributed by atoms with Gasteiger partial charge in [-0.25, -0.2) is 0 Å². The van der Waals surface area contributed by atoms with Crippen molar-refractivity contribution in [3.8, 4) is 0 Å². The second-order valence-corrected chi connectivity index (χ2v) is 7.23. The normalized spacial score (nSPS) is 13.3. The van der Waals surface area contributed by atoms with Crippen molar-refractivity contribution in [1.82, 2.24) is 10.3 Å². The third-order valence-corrected chi connectivity index (χ3v) is 5.09. The summed E-state index contributed by atoms with van der Waals surface area (Å²) in [5.74, 6) is -1.91. The number of benzene rings is 2. The van der Waals surface area contributed by atoms with Crippen LogP contribution in [0.5, 0.6) is 0 Å². The zero-order valence-electron chi connectivity index (χ0n) is 15.5. The van der Waals surface area contributed by atoms with E-state index in [1.165, 1.54) is 0 Å². The number of aromatic amines is 1. The topological polar surface area (TPSA) is 102 Å². The van der Waals surface area contributed by atoms with E-state index in [9.17, 15) is 14.7 Å². The van der Waals surface area contributed by atoms with Crippen molar-refractivity contribution in [3.63, 3.8) is 0 Å². The molecular weight excluding hydrogens is 380 g/mol. The van der Waals surface area contributed by atoms with E-state index in [4.69, 9.17) is 16.7 Å². The Morgan fingerprint density at radius 3 is 2.39 bits per heavy atom. The number of amides is 1. The summed E-state index contributed by atoms with van der Waals surface area (Å²) in [5, 5.41) is 22.9. The number of aliphatic hydroxyl groups is 1. The number of H-pyrrole nitrogens is 1. The van der Waals surface area contributed by atoms with E-state index in [0.717, 1.165) is 16.5 Å². The molecule has 146 valence electrons. The van der Waals surface area contributed by atoms with Gasteiger partial charge in [0, 0.05) is 10.9 Å². The highest BCUT2D eigenvalue weighted by atomic mass is 35.5. The first-order valence-corrected chi connectivity index (χ1v) is 9.21. The monoisotopic (exact) mass is 400 g/mol. The van der Waals surface area contributed by atoms with Gasteiger partial charge in [-0.05, 0) is 48.7 Å². The van der Waals surface area contributed by atoms with Crippen LogP contribution in [0.1, 0.15) is 46.1 Å². The highest BCUT2D eigenvalue weighted by Gasteiger charge is 2.19. The largest absolute Gasteiger partial charge is 0.481 e. The van der Waals surface area contributed by atoms with Gasteiger partial charge in [0.15, 0.2) is 0 Å². The quantitative estimate of drug-likeness (QED) is 0.505. The number of nitrogens with one attached hydrogen (secondary N) is 2. The Balaban J connectivity index is 1.80. The molecule has 0 saturated carbocycles. The third-order valence-electron chi connectivity index (χ3n) is 4.77. The Kier molecular flexibility index (Phi) is 5.72. The molecule has 2 unspecified atom stereocenters. The molecule has 6 nitrogen and oxygen atoms in total. The van der Waals surface area contributed by atoms with Crippen molar-refractivity contribution >= 4 is 34.4 Å². The molecule has 0 aliphatic carbocycles. The SMILES string of the molecule is Cc1cc(Cl)c2cc(C(=O)NC(CO)c3ccc(C(C)C(=O)O)cc3)[nH]c2c1. The number of aromatic nitrogens is 1. The fourth-order valence-electron chi connectivity index (χ4n) is 3.08. The Morgan fingerprint density at radius 1 is 1.14 bits per heavy atom. The average molecular weight is 401 g/mol. The van der Waals surface area contributed by atoms with Crippen LogP contribution in [0, 0.1) is 6.92 Å². The van der Waals surface area contributed by atoms with E-state index in [0.29, 0.717) is 21.8 Å². The van der Waals surface area contributed by atoms with Crippen LogP contribution in [-0.4, -0.2) is 33.7 Å². The van der Waals surface area contributed by atoms with Gasteiger partial charge in [0.05, 0.1) is 23.6 Å². The molecule has 0 fully saturated rings. The molecule has 4 N–H and O–H groups in total. The lowest BCUT2D eigenvalue weighted by atomic mass is 9.98. The van der Waals surface area contributed by atoms with Crippen LogP contribution in [0.4, 0.5) is 0 Å². The van der Waals surface area contributed by atoms with Crippen LogP contribution in [0.15, 0.2) is 42.5 Å². The molecular formula is C21H21ClN2O4. The van der Waals surface area contributed by atoms with Crippen molar-refractivity contribution in [2.75, 3.05) is 6.61 Å². The molecule has 2 aromatic carbocycles. The summed E-state index contributed by atoms with van der Waals surface area (Å²) in [6.07, 6.45) is 0. The summed E-state index contributed by atoms with van der Waals surface area (Å²) in [6, 6.07) is 11.6. The van der Waals surface area contributed by atoms with E-state index in [1.807, 2.05) is 19.1 Å². The number of aliphatic hydroxyl groups excluding tert-OH is 1. The first-order valence-electron chi connectivity index (χ1n) is 8.83. The number of halogens is 1. The second-order valence-electron chi connectivity index (χ2n) is 6.83. The van der Waals surface area contributed by atoms with Crippen LogP contribution in [0.2, 0.25) is 5.02 Å². The number of fused-ring (bicyclic) bond motifs is 1. The van der Waals surface area contributed by atoms with Crippen LogP contribution in [0.3, 0.4) is 0 Å². The first kappa shape index (κ1) is 19.9. The number of carboxylic acids is 1. The first-order chi connectivity index (χ1) is 13.3. The molecule has 3 aromatic rings. The minimum atomic E-state index is -0.910. The van der Waals surface area contributed by atoms with E-state index in [1.54, 1.807) is 37.3 Å². The molecule has 1 heterocycles. The van der Waals surface area contributed by atoms with Crippen LogP contribution in [0.25, 0.3) is 10.9 Å². The van der Waals surface area contributed by atoms with Gasteiger partial charge in [0.25, 0.3) is 5.91 Å². The van der Waals surface area contributed by atoms with Crippen molar-refractivity contribution in [2.24, 2.45) is 0 Å². The Hall–Kier alpha value is -2.83. The number of rotatable bonds is 6.